The molecular formula is C25H30O5. The molecule has 2 aromatic rings. The van der Waals surface area contributed by atoms with Crippen LogP contribution >= 0.6 is 0 Å². The van der Waals surface area contributed by atoms with Crippen LogP contribution in [0.5, 0.6) is 5.75 Å². The summed E-state index contributed by atoms with van der Waals surface area (Å²) < 4.78 is 5.74. The van der Waals surface area contributed by atoms with Gasteiger partial charge >= 0.3 is 5.97 Å². The zero-order chi connectivity index (χ0) is 21.6. The van der Waals surface area contributed by atoms with E-state index in [-0.39, 0.29) is 12.4 Å². The Balaban J connectivity index is 1.73. The molecule has 0 aliphatic heterocycles. The molecule has 5 heteroatoms. The number of hydrogen-bond donors (Lipinski definition) is 2. The first-order valence-electron chi connectivity index (χ1n) is 10.5. The predicted molar refractivity (Wildman–Crippen MR) is 118 cm³/mol. The third kappa shape index (κ3) is 9.05. The lowest BCUT2D eigenvalue weighted by Gasteiger charge is -2.07. The lowest BCUT2D eigenvalue weighted by molar-refractivity contribution is -0.131. The summed E-state index contributed by atoms with van der Waals surface area (Å²) in [5.74, 6) is -0.199. The molecule has 0 saturated heterocycles. The van der Waals surface area contributed by atoms with E-state index in [1.807, 2.05) is 24.3 Å². The molecule has 0 saturated carbocycles. The van der Waals surface area contributed by atoms with Crippen LogP contribution in [-0.2, 0) is 11.2 Å². The van der Waals surface area contributed by atoms with Crippen molar-refractivity contribution in [3.63, 3.8) is 0 Å². The summed E-state index contributed by atoms with van der Waals surface area (Å²) >= 11 is 0. The van der Waals surface area contributed by atoms with E-state index >= 15 is 0 Å². The molecule has 2 N–H and O–H groups in total. The van der Waals surface area contributed by atoms with Gasteiger partial charge in [0.25, 0.3) is 0 Å². The number of carbonyl (C=O) groups is 2. The van der Waals surface area contributed by atoms with E-state index in [0.29, 0.717) is 18.6 Å². The molecule has 0 atom stereocenters. The minimum Gasteiger partial charge on any atom is -0.494 e. The molecule has 0 bridgehead atoms. The zero-order valence-corrected chi connectivity index (χ0v) is 17.3. The molecule has 0 heterocycles. The highest BCUT2D eigenvalue weighted by Gasteiger charge is 2.07. The van der Waals surface area contributed by atoms with Gasteiger partial charge in [-0.05, 0) is 54.3 Å². The maximum atomic E-state index is 12.5. The number of Topliss-reactive ketones (excluding diaryl/α,β-unsaturated/α-hetero) is 1. The second kappa shape index (κ2) is 13.3. The number of ketones is 1. The Labute approximate surface area is 178 Å². The molecule has 0 fully saturated rings. The SMILES string of the molecule is O=C(O)C=Cc1ccc(CC(=O)c2ccc(OCCCCCCCCO)cc2)cc1. The largest absolute Gasteiger partial charge is 0.494 e. The van der Waals surface area contributed by atoms with Gasteiger partial charge in [0.05, 0.1) is 6.61 Å². The average Bonchev–Trinajstić information content (AvgIpc) is 2.75. The van der Waals surface area contributed by atoms with Crippen molar-refractivity contribution in [3.05, 3.63) is 71.3 Å². The summed E-state index contributed by atoms with van der Waals surface area (Å²) in [6.45, 7) is 0.941. The number of carbonyl (C=O) groups excluding carboxylic acids is 1. The fourth-order valence-electron chi connectivity index (χ4n) is 3.05. The molecule has 5 nitrogen and oxygen atoms in total. The van der Waals surface area contributed by atoms with Crippen molar-refractivity contribution in [2.75, 3.05) is 13.2 Å². The minimum atomic E-state index is -0.990. The van der Waals surface area contributed by atoms with Crippen LogP contribution in [0.25, 0.3) is 6.08 Å². The van der Waals surface area contributed by atoms with Crippen LogP contribution < -0.4 is 4.74 Å². The summed E-state index contributed by atoms with van der Waals surface area (Å²) in [5, 5.41) is 17.4. The van der Waals surface area contributed by atoms with Gasteiger partial charge in [-0.2, -0.15) is 0 Å². The number of aliphatic hydroxyl groups excluding tert-OH is 1. The van der Waals surface area contributed by atoms with E-state index in [9.17, 15) is 9.59 Å². The molecule has 0 aliphatic carbocycles. The van der Waals surface area contributed by atoms with E-state index < -0.39 is 5.97 Å². The Hall–Kier alpha value is -2.92. The lowest BCUT2D eigenvalue weighted by Crippen LogP contribution is -2.04. The monoisotopic (exact) mass is 410 g/mol. The van der Waals surface area contributed by atoms with Crippen molar-refractivity contribution < 1.29 is 24.5 Å². The number of carboxylic acids is 1. The number of unbranched alkanes of at least 4 members (excludes halogenated alkanes) is 5. The van der Waals surface area contributed by atoms with E-state index in [1.54, 1.807) is 24.3 Å². The van der Waals surface area contributed by atoms with E-state index in [0.717, 1.165) is 61.5 Å². The number of rotatable bonds is 14. The normalized spacial score (nSPS) is 11.0. The fraction of sp³-hybridized carbons (Fsp3) is 0.360. The molecule has 2 rings (SSSR count). The fourth-order valence-corrected chi connectivity index (χ4v) is 3.05. The molecule has 2 aromatic carbocycles. The summed E-state index contributed by atoms with van der Waals surface area (Å²) in [7, 11) is 0. The highest BCUT2D eigenvalue weighted by Crippen LogP contribution is 2.16. The maximum absolute atomic E-state index is 12.5. The van der Waals surface area contributed by atoms with Crippen molar-refractivity contribution in [1.29, 1.82) is 0 Å². The molecule has 0 amide bonds. The van der Waals surface area contributed by atoms with Crippen LogP contribution in [0, 0.1) is 0 Å². The van der Waals surface area contributed by atoms with Gasteiger partial charge in [-0.15, -0.1) is 0 Å². The number of ether oxygens (including phenoxy) is 1. The van der Waals surface area contributed by atoms with Gasteiger partial charge in [0, 0.05) is 24.7 Å². The molecule has 0 aromatic heterocycles. The smallest absolute Gasteiger partial charge is 0.328 e. The Morgan fingerprint density at radius 1 is 0.833 bits per heavy atom. The summed E-state index contributed by atoms with van der Waals surface area (Å²) in [5.41, 5.74) is 2.30. The number of benzene rings is 2. The van der Waals surface area contributed by atoms with Crippen molar-refractivity contribution in [1.82, 2.24) is 0 Å². The van der Waals surface area contributed by atoms with Crippen LogP contribution in [0.4, 0.5) is 0 Å². The molecule has 30 heavy (non-hydrogen) atoms. The second-order valence-corrected chi connectivity index (χ2v) is 7.23. The third-order valence-electron chi connectivity index (χ3n) is 4.76. The first-order valence-corrected chi connectivity index (χ1v) is 10.5. The summed E-state index contributed by atoms with van der Waals surface area (Å²) in [4.78, 5) is 23.0. The average molecular weight is 411 g/mol. The molecule has 0 unspecified atom stereocenters. The van der Waals surface area contributed by atoms with Crippen molar-refractivity contribution in [2.24, 2.45) is 0 Å². The van der Waals surface area contributed by atoms with Crippen molar-refractivity contribution in [2.45, 2.75) is 44.9 Å². The first kappa shape index (κ1) is 23.4. The number of aliphatic hydroxyl groups is 1. The predicted octanol–water partition coefficient (Wildman–Crippen LogP) is 4.92. The molecule has 0 spiro atoms. The van der Waals surface area contributed by atoms with Crippen molar-refractivity contribution >= 4 is 17.8 Å². The Morgan fingerprint density at radius 2 is 1.47 bits per heavy atom. The van der Waals surface area contributed by atoms with Gasteiger partial charge in [-0.3, -0.25) is 4.79 Å². The van der Waals surface area contributed by atoms with E-state index in [1.165, 1.54) is 6.08 Å². The lowest BCUT2D eigenvalue weighted by atomic mass is 10.0. The van der Waals surface area contributed by atoms with Crippen LogP contribution in [0.1, 0.15) is 60.0 Å². The number of hydrogen-bond acceptors (Lipinski definition) is 4. The highest BCUT2D eigenvalue weighted by molar-refractivity contribution is 5.97. The van der Waals surface area contributed by atoms with Gasteiger partial charge in [0.15, 0.2) is 5.78 Å². The Morgan fingerprint density at radius 3 is 2.10 bits per heavy atom. The number of carboxylic acid groups (broad SMARTS) is 1. The highest BCUT2D eigenvalue weighted by atomic mass is 16.5. The minimum absolute atomic E-state index is 0.0262. The van der Waals surface area contributed by atoms with Crippen LogP contribution in [0.2, 0.25) is 0 Å². The van der Waals surface area contributed by atoms with Crippen LogP contribution in [0.15, 0.2) is 54.6 Å². The Bertz CT molecular complexity index is 806. The summed E-state index contributed by atoms with van der Waals surface area (Å²) in [6.07, 6.45) is 9.29. The van der Waals surface area contributed by atoms with E-state index in [4.69, 9.17) is 14.9 Å². The third-order valence-corrected chi connectivity index (χ3v) is 4.76. The first-order chi connectivity index (χ1) is 14.6. The van der Waals surface area contributed by atoms with Crippen molar-refractivity contribution in [3.8, 4) is 5.75 Å². The van der Waals surface area contributed by atoms with Crippen LogP contribution in [0.3, 0.4) is 0 Å². The van der Waals surface area contributed by atoms with Gasteiger partial charge in [0.1, 0.15) is 5.75 Å². The molecule has 160 valence electrons. The quantitative estimate of drug-likeness (QED) is 0.262. The number of aliphatic carboxylic acids is 1. The second-order valence-electron chi connectivity index (χ2n) is 7.23. The van der Waals surface area contributed by atoms with E-state index in [2.05, 4.69) is 0 Å². The maximum Gasteiger partial charge on any atom is 0.328 e. The zero-order valence-electron chi connectivity index (χ0n) is 17.3. The molecular weight excluding hydrogens is 380 g/mol. The van der Waals surface area contributed by atoms with Gasteiger partial charge in [0.2, 0.25) is 0 Å². The van der Waals surface area contributed by atoms with Crippen LogP contribution in [-0.4, -0.2) is 35.2 Å². The van der Waals surface area contributed by atoms with Gasteiger partial charge in [-0.25, -0.2) is 4.79 Å². The summed E-state index contributed by atoms with van der Waals surface area (Å²) in [6, 6.07) is 14.5. The topological polar surface area (TPSA) is 83.8 Å². The molecule has 0 radical (unpaired) electrons. The Kier molecular flexibility index (Phi) is 10.4. The standard InChI is InChI=1S/C25H30O5/c26-17-5-3-1-2-4-6-18-30-23-14-12-22(13-15-23)24(27)19-21-9-7-20(8-10-21)11-16-25(28)29/h7-16,26H,1-6,17-19H2,(H,28,29). The molecule has 0 aliphatic rings. The van der Waals surface area contributed by atoms with Gasteiger partial charge in [-0.1, -0.05) is 49.9 Å². The van der Waals surface area contributed by atoms with Gasteiger partial charge < -0.3 is 14.9 Å².